The number of ether oxygens (including phenoxy) is 1. The number of nitrogens with one attached hydrogen (secondary N) is 1. The first kappa shape index (κ1) is 18.4. The van der Waals surface area contributed by atoms with Gasteiger partial charge in [-0.15, -0.1) is 0 Å². The normalized spacial score (nSPS) is 18.0. The highest BCUT2D eigenvalue weighted by molar-refractivity contribution is 5.80. The molecule has 0 radical (unpaired) electrons. The van der Waals surface area contributed by atoms with Crippen LogP contribution in [-0.4, -0.2) is 49.2 Å². The van der Waals surface area contributed by atoms with Crippen molar-refractivity contribution in [2.45, 2.75) is 71.4 Å². The summed E-state index contributed by atoms with van der Waals surface area (Å²) >= 11 is 0. The molecule has 124 valence electrons. The van der Waals surface area contributed by atoms with Crippen LogP contribution in [-0.2, 0) is 9.53 Å². The highest BCUT2D eigenvalue weighted by Crippen LogP contribution is 2.25. The van der Waals surface area contributed by atoms with E-state index in [1.54, 1.807) is 0 Å². The van der Waals surface area contributed by atoms with Crippen LogP contribution in [0.25, 0.3) is 0 Å². The molecule has 1 atom stereocenters. The van der Waals surface area contributed by atoms with Crippen LogP contribution in [0.5, 0.6) is 0 Å². The van der Waals surface area contributed by atoms with Crippen molar-refractivity contribution in [1.82, 2.24) is 10.2 Å². The monoisotopic (exact) mass is 298 g/mol. The molecule has 1 aliphatic rings. The fourth-order valence-corrected chi connectivity index (χ4v) is 2.49. The van der Waals surface area contributed by atoms with Crippen molar-refractivity contribution < 1.29 is 9.53 Å². The quantitative estimate of drug-likeness (QED) is 0.596. The number of hydrogen-bond donors (Lipinski definition) is 1. The van der Waals surface area contributed by atoms with E-state index < -0.39 is 5.54 Å². The molecular formula is C17H34N2O2. The minimum Gasteiger partial charge on any atom is -0.465 e. The predicted molar refractivity (Wildman–Crippen MR) is 87.4 cm³/mol. The van der Waals surface area contributed by atoms with Crippen LogP contribution in [0.15, 0.2) is 0 Å². The third-order valence-electron chi connectivity index (χ3n) is 4.13. The van der Waals surface area contributed by atoms with Gasteiger partial charge in [0.25, 0.3) is 0 Å². The van der Waals surface area contributed by atoms with E-state index in [9.17, 15) is 4.79 Å². The fourth-order valence-electron chi connectivity index (χ4n) is 2.49. The molecule has 0 spiro atoms. The van der Waals surface area contributed by atoms with Crippen molar-refractivity contribution in [3.8, 4) is 0 Å². The molecule has 4 nitrogen and oxygen atoms in total. The molecule has 0 saturated heterocycles. The lowest BCUT2D eigenvalue weighted by Gasteiger charge is -2.29. The first-order chi connectivity index (χ1) is 9.87. The van der Waals surface area contributed by atoms with Gasteiger partial charge in [0.15, 0.2) is 0 Å². The maximum atomic E-state index is 12.2. The van der Waals surface area contributed by atoms with Crippen LogP contribution in [0.2, 0.25) is 0 Å². The van der Waals surface area contributed by atoms with Gasteiger partial charge in [0.05, 0.1) is 6.61 Å². The van der Waals surface area contributed by atoms with Gasteiger partial charge in [-0.25, -0.2) is 0 Å². The van der Waals surface area contributed by atoms with Crippen LogP contribution in [0.4, 0.5) is 0 Å². The number of esters is 1. The molecule has 0 aromatic rings. The SMILES string of the molecule is CCOC(=O)C(C)(CCCN(C)CCC(C)C)NC1CC1. The Morgan fingerprint density at radius 2 is 2.05 bits per heavy atom. The zero-order chi connectivity index (χ0) is 15.9. The van der Waals surface area contributed by atoms with E-state index in [0.717, 1.165) is 31.8 Å². The molecule has 4 heteroatoms. The van der Waals surface area contributed by atoms with Gasteiger partial charge < -0.3 is 9.64 Å². The van der Waals surface area contributed by atoms with E-state index >= 15 is 0 Å². The Hall–Kier alpha value is -0.610. The second kappa shape index (κ2) is 8.74. The summed E-state index contributed by atoms with van der Waals surface area (Å²) in [4.78, 5) is 14.6. The first-order valence-electron chi connectivity index (χ1n) is 8.51. The molecule has 0 amide bonds. The standard InChI is InChI=1S/C17H34N2O2/c1-6-21-16(20)17(4,18-15-8-9-15)11-7-12-19(5)13-10-14(2)3/h14-15,18H,6-13H2,1-5H3. The highest BCUT2D eigenvalue weighted by Gasteiger charge is 2.39. The minimum atomic E-state index is -0.518. The molecule has 0 bridgehead atoms. The van der Waals surface area contributed by atoms with Gasteiger partial charge in [0, 0.05) is 6.04 Å². The Labute approximate surface area is 130 Å². The summed E-state index contributed by atoms with van der Waals surface area (Å²) in [6.45, 7) is 11.0. The lowest BCUT2D eigenvalue weighted by Crippen LogP contribution is -2.51. The van der Waals surface area contributed by atoms with Gasteiger partial charge in [-0.2, -0.15) is 0 Å². The summed E-state index contributed by atoms with van der Waals surface area (Å²) in [6, 6.07) is 0.512. The van der Waals surface area contributed by atoms with Crippen LogP contribution in [0.1, 0.15) is 59.8 Å². The summed E-state index contributed by atoms with van der Waals surface area (Å²) in [5.41, 5.74) is -0.518. The molecule has 0 heterocycles. The molecule has 1 fully saturated rings. The largest absolute Gasteiger partial charge is 0.465 e. The summed E-state index contributed by atoms with van der Waals surface area (Å²) in [6.07, 6.45) is 5.45. The molecule has 1 saturated carbocycles. The average molecular weight is 298 g/mol. The molecule has 1 aliphatic carbocycles. The molecule has 0 aromatic heterocycles. The smallest absolute Gasteiger partial charge is 0.326 e. The van der Waals surface area contributed by atoms with Crippen molar-refractivity contribution in [3.63, 3.8) is 0 Å². The lowest BCUT2D eigenvalue weighted by atomic mass is 9.95. The third-order valence-corrected chi connectivity index (χ3v) is 4.13. The van der Waals surface area contributed by atoms with Gasteiger partial charge in [-0.3, -0.25) is 10.1 Å². The Balaban J connectivity index is 2.36. The number of carbonyl (C=O) groups is 1. The van der Waals surface area contributed by atoms with Crippen molar-refractivity contribution in [2.75, 3.05) is 26.7 Å². The highest BCUT2D eigenvalue weighted by atomic mass is 16.5. The summed E-state index contributed by atoms with van der Waals surface area (Å²) in [7, 11) is 2.17. The predicted octanol–water partition coefficient (Wildman–Crippen LogP) is 2.82. The number of hydrogen-bond acceptors (Lipinski definition) is 4. The van der Waals surface area contributed by atoms with Gasteiger partial charge in [-0.05, 0) is 72.0 Å². The summed E-state index contributed by atoms with van der Waals surface area (Å²) in [5, 5.41) is 3.48. The second-order valence-electron chi connectivity index (χ2n) is 7.06. The zero-order valence-corrected chi connectivity index (χ0v) is 14.6. The van der Waals surface area contributed by atoms with E-state index in [0.29, 0.717) is 12.6 Å². The Morgan fingerprint density at radius 3 is 2.57 bits per heavy atom. The average Bonchev–Trinajstić information content (AvgIpc) is 3.20. The molecule has 1 unspecified atom stereocenters. The topological polar surface area (TPSA) is 41.6 Å². The first-order valence-corrected chi connectivity index (χ1v) is 8.51. The van der Waals surface area contributed by atoms with Crippen molar-refractivity contribution in [3.05, 3.63) is 0 Å². The van der Waals surface area contributed by atoms with Gasteiger partial charge in [0.2, 0.25) is 0 Å². The Morgan fingerprint density at radius 1 is 1.38 bits per heavy atom. The molecule has 0 aromatic carbocycles. The molecular weight excluding hydrogens is 264 g/mol. The zero-order valence-electron chi connectivity index (χ0n) is 14.6. The molecule has 1 N–H and O–H groups in total. The maximum absolute atomic E-state index is 12.2. The van der Waals surface area contributed by atoms with Crippen LogP contribution in [0, 0.1) is 5.92 Å². The van der Waals surface area contributed by atoms with Gasteiger partial charge in [0.1, 0.15) is 5.54 Å². The number of carbonyl (C=O) groups excluding carboxylic acids is 1. The van der Waals surface area contributed by atoms with Gasteiger partial charge in [-0.1, -0.05) is 13.8 Å². The van der Waals surface area contributed by atoms with E-state index in [-0.39, 0.29) is 5.97 Å². The van der Waals surface area contributed by atoms with Crippen LogP contribution < -0.4 is 5.32 Å². The van der Waals surface area contributed by atoms with Crippen molar-refractivity contribution in [2.24, 2.45) is 5.92 Å². The van der Waals surface area contributed by atoms with Crippen LogP contribution in [0.3, 0.4) is 0 Å². The lowest BCUT2D eigenvalue weighted by molar-refractivity contribution is -0.151. The van der Waals surface area contributed by atoms with E-state index in [4.69, 9.17) is 4.74 Å². The maximum Gasteiger partial charge on any atom is 0.326 e. The van der Waals surface area contributed by atoms with Crippen molar-refractivity contribution in [1.29, 1.82) is 0 Å². The van der Waals surface area contributed by atoms with E-state index in [1.807, 2.05) is 13.8 Å². The molecule has 1 rings (SSSR count). The molecule has 0 aliphatic heterocycles. The van der Waals surface area contributed by atoms with E-state index in [1.165, 1.54) is 19.3 Å². The summed E-state index contributed by atoms with van der Waals surface area (Å²) < 4.78 is 5.26. The minimum absolute atomic E-state index is 0.0956. The van der Waals surface area contributed by atoms with Crippen molar-refractivity contribution >= 4 is 5.97 Å². The molecule has 21 heavy (non-hydrogen) atoms. The second-order valence-corrected chi connectivity index (χ2v) is 7.06. The van der Waals surface area contributed by atoms with E-state index in [2.05, 4.69) is 31.1 Å². The third kappa shape index (κ3) is 7.28. The number of rotatable bonds is 11. The fraction of sp³-hybridized carbons (Fsp3) is 0.941. The Bertz CT molecular complexity index is 316. The summed E-state index contributed by atoms with van der Waals surface area (Å²) in [5.74, 6) is 0.649. The van der Waals surface area contributed by atoms with Crippen LogP contribution >= 0.6 is 0 Å². The Kier molecular flexibility index (Phi) is 7.67. The number of nitrogens with zero attached hydrogens (tertiary/aromatic N) is 1. The van der Waals surface area contributed by atoms with Gasteiger partial charge >= 0.3 is 5.97 Å².